The highest BCUT2D eigenvalue weighted by atomic mass is 16.6. The first-order valence-electron chi connectivity index (χ1n) is 10.8. The Bertz CT molecular complexity index is 1270. The fourth-order valence-electron chi connectivity index (χ4n) is 4.01. The van der Waals surface area contributed by atoms with Crippen LogP contribution in [0.15, 0.2) is 57.7 Å². The van der Waals surface area contributed by atoms with Gasteiger partial charge in [-0.2, -0.15) is 0 Å². The fraction of sp³-hybridized carbons (Fsp3) is 0.292. The Morgan fingerprint density at radius 3 is 2.67 bits per heavy atom. The van der Waals surface area contributed by atoms with E-state index in [1.165, 1.54) is 0 Å². The molecular formula is C24H23N3O6. The SMILES string of the molecule is O=C1NCCN1CCN(Cc1ccc2c(c1)OCCO2)C(=O)c1cc2ccccc2oc1=O. The molecule has 0 unspecified atom stereocenters. The van der Waals surface area contributed by atoms with Gasteiger partial charge in [-0.15, -0.1) is 0 Å². The van der Waals surface area contributed by atoms with Crippen LogP contribution in [0, 0.1) is 0 Å². The summed E-state index contributed by atoms with van der Waals surface area (Å²) >= 11 is 0. The summed E-state index contributed by atoms with van der Waals surface area (Å²) < 4.78 is 16.6. The number of ether oxygens (including phenoxy) is 2. The van der Waals surface area contributed by atoms with E-state index < -0.39 is 11.5 Å². The summed E-state index contributed by atoms with van der Waals surface area (Å²) in [4.78, 5) is 41.3. The molecule has 33 heavy (non-hydrogen) atoms. The summed E-state index contributed by atoms with van der Waals surface area (Å²) in [6.45, 7) is 2.94. The first-order valence-corrected chi connectivity index (χ1v) is 10.8. The van der Waals surface area contributed by atoms with Gasteiger partial charge in [0.25, 0.3) is 5.91 Å². The van der Waals surface area contributed by atoms with E-state index in [9.17, 15) is 14.4 Å². The van der Waals surface area contributed by atoms with Crippen molar-refractivity contribution < 1.29 is 23.5 Å². The summed E-state index contributed by atoms with van der Waals surface area (Å²) in [5.74, 6) is 0.825. The van der Waals surface area contributed by atoms with Gasteiger partial charge in [-0.25, -0.2) is 9.59 Å². The highest BCUT2D eigenvalue weighted by Crippen LogP contribution is 2.31. The second-order valence-corrected chi connectivity index (χ2v) is 7.91. The van der Waals surface area contributed by atoms with Gasteiger partial charge in [0, 0.05) is 38.1 Å². The van der Waals surface area contributed by atoms with E-state index >= 15 is 0 Å². The lowest BCUT2D eigenvalue weighted by atomic mass is 10.1. The van der Waals surface area contributed by atoms with Crippen LogP contribution in [0.25, 0.3) is 11.0 Å². The minimum atomic E-state index is -0.690. The van der Waals surface area contributed by atoms with E-state index in [1.807, 2.05) is 24.3 Å². The molecule has 5 rings (SSSR count). The average molecular weight is 449 g/mol. The number of hydrogen-bond donors (Lipinski definition) is 1. The van der Waals surface area contributed by atoms with Crippen LogP contribution in [-0.2, 0) is 6.54 Å². The Labute approximate surface area is 189 Å². The molecule has 0 atom stereocenters. The molecule has 1 fully saturated rings. The van der Waals surface area contributed by atoms with Gasteiger partial charge in [-0.1, -0.05) is 24.3 Å². The number of benzene rings is 2. The Morgan fingerprint density at radius 2 is 1.85 bits per heavy atom. The van der Waals surface area contributed by atoms with Gasteiger partial charge in [0.1, 0.15) is 24.4 Å². The topological polar surface area (TPSA) is 101 Å². The van der Waals surface area contributed by atoms with Crippen LogP contribution in [0.3, 0.4) is 0 Å². The number of hydrogen-bond acceptors (Lipinski definition) is 6. The number of para-hydroxylation sites is 1. The van der Waals surface area contributed by atoms with Crippen molar-refractivity contribution in [1.29, 1.82) is 0 Å². The van der Waals surface area contributed by atoms with E-state index in [0.29, 0.717) is 55.3 Å². The third-order valence-electron chi connectivity index (χ3n) is 5.72. The number of urea groups is 1. The second-order valence-electron chi connectivity index (χ2n) is 7.91. The molecule has 1 saturated heterocycles. The Morgan fingerprint density at radius 1 is 1.03 bits per heavy atom. The van der Waals surface area contributed by atoms with E-state index in [-0.39, 0.29) is 24.7 Å². The molecule has 2 aliphatic rings. The summed E-state index contributed by atoms with van der Waals surface area (Å²) in [6.07, 6.45) is 0. The Hall–Kier alpha value is -4.01. The van der Waals surface area contributed by atoms with E-state index in [2.05, 4.69) is 5.32 Å². The predicted molar refractivity (Wildman–Crippen MR) is 120 cm³/mol. The molecule has 9 heteroatoms. The number of nitrogens with one attached hydrogen (secondary N) is 1. The summed E-state index contributed by atoms with van der Waals surface area (Å²) in [5, 5.41) is 3.42. The van der Waals surface area contributed by atoms with Gasteiger partial charge in [0.15, 0.2) is 11.5 Å². The quantitative estimate of drug-likeness (QED) is 0.579. The van der Waals surface area contributed by atoms with Crippen molar-refractivity contribution in [3.05, 3.63) is 70.1 Å². The van der Waals surface area contributed by atoms with E-state index in [0.717, 1.165) is 5.56 Å². The number of fused-ring (bicyclic) bond motifs is 2. The maximum absolute atomic E-state index is 13.5. The second kappa shape index (κ2) is 8.85. The summed E-state index contributed by atoms with van der Waals surface area (Å²) in [7, 11) is 0. The van der Waals surface area contributed by atoms with Crippen LogP contribution >= 0.6 is 0 Å². The molecule has 170 valence electrons. The van der Waals surface area contributed by atoms with Gasteiger partial charge in [-0.3, -0.25) is 4.79 Å². The molecule has 3 heterocycles. The average Bonchev–Trinajstić information content (AvgIpc) is 3.25. The molecule has 3 aromatic rings. The molecule has 1 aromatic heterocycles. The number of carbonyl (C=O) groups is 2. The molecule has 0 bridgehead atoms. The van der Waals surface area contributed by atoms with Crippen LogP contribution in [0.2, 0.25) is 0 Å². The number of rotatable bonds is 6. The zero-order chi connectivity index (χ0) is 22.8. The Balaban J connectivity index is 1.44. The summed E-state index contributed by atoms with van der Waals surface area (Å²) in [6, 6.07) is 14.0. The standard InChI is InChI=1S/C24H23N3O6/c28-22(18-14-17-3-1-2-4-19(17)33-23(18)29)27(10-9-26-8-7-25-24(26)30)15-16-5-6-20-21(13-16)32-12-11-31-20/h1-6,13-14H,7-12,15H2,(H,25,30). The lowest BCUT2D eigenvalue weighted by Gasteiger charge is -2.26. The molecule has 1 N–H and O–H groups in total. The molecule has 3 amide bonds. The normalized spacial score (nSPS) is 14.9. The monoisotopic (exact) mass is 449 g/mol. The van der Waals surface area contributed by atoms with Crippen molar-refractivity contribution >= 4 is 22.9 Å². The molecule has 9 nitrogen and oxygen atoms in total. The highest BCUT2D eigenvalue weighted by Gasteiger charge is 2.25. The largest absolute Gasteiger partial charge is 0.486 e. The smallest absolute Gasteiger partial charge is 0.349 e. The van der Waals surface area contributed by atoms with Crippen LogP contribution in [0.5, 0.6) is 11.5 Å². The Kier molecular flexibility index (Phi) is 5.60. The van der Waals surface area contributed by atoms with Gasteiger partial charge in [-0.05, 0) is 29.8 Å². The molecular weight excluding hydrogens is 426 g/mol. The van der Waals surface area contributed by atoms with Crippen LogP contribution in [0.4, 0.5) is 4.79 Å². The maximum Gasteiger partial charge on any atom is 0.349 e. The van der Waals surface area contributed by atoms with Crippen molar-refractivity contribution in [2.75, 3.05) is 39.4 Å². The minimum absolute atomic E-state index is 0.0443. The van der Waals surface area contributed by atoms with Gasteiger partial charge >= 0.3 is 11.7 Å². The lowest BCUT2D eigenvalue weighted by Crippen LogP contribution is -2.40. The molecule has 0 aliphatic carbocycles. The van der Waals surface area contributed by atoms with Gasteiger partial charge in [0.05, 0.1) is 0 Å². The minimum Gasteiger partial charge on any atom is -0.486 e. The number of carbonyl (C=O) groups excluding carboxylic acids is 2. The first-order chi connectivity index (χ1) is 16.1. The molecule has 0 spiro atoms. The number of amides is 3. The summed E-state index contributed by atoms with van der Waals surface area (Å²) in [5.41, 5.74) is 0.511. The predicted octanol–water partition coefficient (Wildman–Crippen LogP) is 2.23. The zero-order valence-electron chi connectivity index (χ0n) is 17.9. The molecule has 0 radical (unpaired) electrons. The van der Waals surface area contributed by atoms with Crippen molar-refractivity contribution in [2.45, 2.75) is 6.54 Å². The van der Waals surface area contributed by atoms with E-state index in [1.54, 1.807) is 34.1 Å². The highest BCUT2D eigenvalue weighted by molar-refractivity contribution is 5.96. The van der Waals surface area contributed by atoms with Crippen molar-refractivity contribution in [2.24, 2.45) is 0 Å². The lowest BCUT2D eigenvalue weighted by molar-refractivity contribution is 0.0726. The van der Waals surface area contributed by atoms with Crippen LogP contribution in [0.1, 0.15) is 15.9 Å². The van der Waals surface area contributed by atoms with Gasteiger partial charge < -0.3 is 29.0 Å². The van der Waals surface area contributed by atoms with Crippen molar-refractivity contribution in [1.82, 2.24) is 15.1 Å². The van der Waals surface area contributed by atoms with Crippen LogP contribution in [-0.4, -0.2) is 61.1 Å². The molecule has 2 aliphatic heterocycles. The first kappa shape index (κ1) is 20.9. The third-order valence-corrected chi connectivity index (χ3v) is 5.72. The zero-order valence-corrected chi connectivity index (χ0v) is 17.9. The fourth-order valence-corrected chi connectivity index (χ4v) is 4.01. The van der Waals surface area contributed by atoms with Crippen molar-refractivity contribution in [3.63, 3.8) is 0 Å². The molecule has 0 saturated carbocycles. The van der Waals surface area contributed by atoms with Crippen LogP contribution < -0.4 is 20.4 Å². The van der Waals surface area contributed by atoms with E-state index in [4.69, 9.17) is 13.9 Å². The van der Waals surface area contributed by atoms with Gasteiger partial charge in [0.2, 0.25) is 0 Å². The maximum atomic E-state index is 13.5. The third kappa shape index (κ3) is 4.34. The molecule has 2 aromatic carbocycles. The number of nitrogens with zero attached hydrogens (tertiary/aromatic N) is 2. The van der Waals surface area contributed by atoms with Crippen molar-refractivity contribution in [3.8, 4) is 11.5 Å².